The van der Waals surface area contributed by atoms with Crippen molar-refractivity contribution >= 4 is 23.2 Å². The maximum atomic E-state index is 12.7. The van der Waals surface area contributed by atoms with Gasteiger partial charge in [0.05, 0.1) is 20.8 Å². The third-order valence-corrected chi connectivity index (χ3v) is 5.50. The third-order valence-electron chi connectivity index (χ3n) is 5.27. The minimum atomic E-state index is -0.0447. The predicted molar refractivity (Wildman–Crippen MR) is 116 cm³/mol. The van der Waals surface area contributed by atoms with Crippen LogP contribution >= 0.6 is 11.6 Å². The summed E-state index contributed by atoms with van der Waals surface area (Å²) in [5.41, 5.74) is 2.06. The standard InChI is InChI=1S/C22H28ClN3O3/c1-16(20-14-19(28-2)7-8-21(20)29-3)24-15-22(27)26-11-9-25(10-12-26)18-6-4-5-17(23)13-18/h4-8,13-14,16,24H,9-12,15H2,1-3H3. The Morgan fingerprint density at radius 1 is 1.10 bits per heavy atom. The molecule has 1 saturated heterocycles. The number of benzene rings is 2. The van der Waals surface area contributed by atoms with Crippen LogP contribution in [-0.2, 0) is 4.79 Å². The Balaban J connectivity index is 1.53. The van der Waals surface area contributed by atoms with Crippen LogP contribution < -0.4 is 19.7 Å². The van der Waals surface area contributed by atoms with Crippen molar-refractivity contribution in [3.63, 3.8) is 0 Å². The summed E-state index contributed by atoms with van der Waals surface area (Å²) in [6, 6.07) is 13.5. The molecule has 0 bridgehead atoms. The first-order chi connectivity index (χ1) is 14.0. The molecule has 7 heteroatoms. The molecule has 156 valence electrons. The van der Waals surface area contributed by atoms with Gasteiger partial charge in [0.2, 0.25) is 5.91 Å². The second-order valence-electron chi connectivity index (χ2n) is 7.06. The first kappa shape index (κ1) is 21.3. The van der Waals surface area contributed by atoms with Crippen LogP contribution in [0.25, 0.3) is 0 Å². The van der Waals surface area contributed by atoms with Gasteiger partial charge in [-0.3, -0.25) is 4.79 Å². The number of halogens is 1. The maximum absolute atomic E-state index is 12.7. The number of carbonyl (C=O) groups excluding carboxylic acids is 1. The SMILES string of the molecule is COc1ccc(OC)c(C(C)NCC(=O)N2CCN(c3cccc(Cl)c3)CC2)c1. The smallest absolute Gasteiger partial charge is 0.236 e. The lowest BCUT2D eigenvalue weighted by molar-refractivity contribution is -0.130. The van der Waals surface area contributed by atoms with Crippen LogP contribution in [0.15, 0.2) is 42.5 Å². The summed E-state index contributed by atoms with van der Waals surface area (Å²) in [5, 5.41) is 4.04. The number of nitrogens with zero attached hydrogens (tertiary/aromatic N) is 2. The van der Waals surface area contributed by atoms with E-state index in [-0.39, 0.29) is 18.5 Å². The Labute approximate surface area is 177 Å². The van der Waals surface area contributed by atoms with Gasteiger partial charge in [-0.05, 0) is 43.3 Å². The van der Waals surface area contributed by atoms with Crippen LogP contribution in [0.3, 0.4) is 0 Å². The molecular weight excluding hydrogens is 390 g/mol. The van der Waals surface area contributed by atoms with E-state index in [4.69, 9.17) is 21.1 Å². The lowest BCUT2D eigenvalue weighted by Gasteiger charge is -2.36. The Bertz CT molecular complexity index is 838. The molecule has 1 fully saturated rings. The molecule has 2 aromatic carbocycles. The number of anilines is 1. The van der Waals surface area contributed by atoms with Gasteiger partial charge in [-0.15, -0.1) is 0 Å². The number of ether oxygens (including phenoxy) is 2. The molecule has 0 radical (unpaired) electrons. The molecule has 1 aliphatic heterocycles. The fourth-order valence-corrected chi connectivity index (χ4v) is 3.71. The highest BCUT2D eigenvalue weighted by Gasteiger charge is 2.22. The van der Waals surface area contributed by atoms with Crippen molar-refractivity contribution in [3.05, 3.63) is 53.1 Å². The van der Waals surface area contributed by atoms with E-state index in [9.17, 15) is 4.79 Å². The topological polar surface area (TPSA) is 54.0 Å². The van der Waals surface area contributed by atoms with Gasteiger partial charge in [-0.25, -0.2) is 0 Å². The Morgan fingerprint density at radius 2 is 1.86 bits per heavy atom. The fraction of sp³-hybridized carbons (Fsp3) is 0.409. The van der Waals surface area contributed by atoms with Gasteiger partial charge in [-0.1, -0.05) is 17.7 Å². The number of carbonyl (C=O) groups is 1. The summed E-state index contributed by atoms with van der Waals surface area (Å²) in [6.45, 7) is 5.28. The molecule has 1 aliphatic rings. The summed E-state index contributed by atoms with van der Waals surface area (Å²) in [5.74, 6) is 1.63. The largest absolute Gasteiger partial charge is 0.497 e. The molecule has 1 amide bonds. The van der Waals surface area contributed by atoms with Crippen molar-refractivity contribution in [2.75, 3.05) is 51.8 Å². The summed E-state index contributed by atoms with van der Waals surface area (Å²) in [4.78, 5) is 16.8. The average Bonchev–Trinajstić information content (AvgIpc) is 2.76. The molecule has 0 aromatic heterocycles. The first-order valence-corrected chi connectivity index (χ1v) is 10.1. The molecule has 1 atom stereocenters. The van der Waals surface area contributed by atoms with Crippen molar-refractivity contribution in [2.24, 2.45) is 0 Å². The molecule has 0 saturated carbocycles. The van der Waals surface area contributed by atoms with E-state index >= 15 is 0 Å². The highest BCUT2D eigenvalue weighted by Crippen LogP contribution is 2.29. The lowest BCUT2D eigenvalue weighted by Crippen LogP contribution is -2.51. The summed E-state index contributed by atoms with van der Waals surface area (Å²) < 4.78 is 10.8. The molecule has 0 aliphatic carbocycles. The van der Waals surface area contributed by atoms with Crippen LogP contribution in [0.2, 0.25) is 5.02 Å². The molecule has 29 heavy (non-hydrogen) atoms. The van der Waals surface area contributed by atoms with E-state index in [1.165, 1.54) is 0 Å². The number of nitrogens with one attached hydrogen (secondary N) is 1. The number of amides is 1. The van der Waals surface area contributed by atoms with Crippen LogP contribution in [0.5, 0.6) is 11.5 Å². The number of rotatable bonds is 7. The number of methoxy groups -OCH3 is 2. The van der Waals surface area contributed by atoms with Crippen molar-refractivity contribution in [1.82, 2.24) is 10.2 Å². The summed E-state index contributed by atoms with van der Waals surface area (Å²) in [7, 11) is 3.28. The van der Waals surface area contributed by atoms with Gasteiger partial charge in [0.1, 0.15) is 11.5 Å². The lowest BCUT2D eigenvalue weighted by atomic mass is 10.1. The normalized spacial score (nSPS) is 15.2. The molecule has 1 unspecified atom stereocenters. The molecular formula is C22H28ClN3O3. The van der Waals surface area contributed by atoms with Crippen LogP contribution in [0.4, 0.5) is 5.69 Å². The van der Waals surface area contributed by atoms with Crippen LogP contribution in [0, 0.1) is 0 Å². The minimum absolute atomic E-state index is 0.0447. The van der Waals surface area contributed by atoms with E-state index < -0.39 is 0 Å². The van der Waals surface area contributed by atoms with Crippen LogP contribution in [0.1, 0.15) is 18.5 Å². The molecule has 1 heterocycles. The van der Waals surface area contributed by atoms with Gasteiger partial charge in [0.15, 0.2) is 0 Å². The molecule has 0 spiro atoms. The number of piperazine rings is 1. The van der Waals surface area contributed by atoms with Crippen molar-refractivity contribution in [2.45, 2.75) is 13.0 Å². The Kier molecular flexibility index (Phi) is 7.23. The summed E-state index contributed by atoms with van der Waals surface area (Å²) >= 11 is 6.09. The van der Waals surface area contributed by atoms with Crippen LogP contribution in [-0.4, -0.2) is 57.8 Å². The molecule has 6 nitrogen and oxygen atoms in total. The van der Waals surface area contributed by atoms with Crippen molar-refractivity contribution in [3.8, 4) is 11.5 Å². The van der Waals surface area contributed by atoms with Crippen molar-refractivity contribution < 1.29 is 14.3 Å². The zero-order valence-corrected chi connectivity index (χ0v) is 17.9. The highest BCUT2D eigenvalue weighted by atomic mass is 35.5. The predicted octanol–water partition coefficient (Wildman–Crippen LogP) is 3.36. The second kappa shape index (κ2) is 9.85. The average molecular weight is 418 g/mol. The number of hydrogen-bond acceptors (Lipinski definition) is 5. The molecule has 1 N–H and O–H groups in total. The third kappa shape index (κ3) is 5.34. The quantitative estimate of drug-likeness (QED) is 0.748. The maximum Gasteiger partial charge on any atom is 0.236 e. The molecule has 2 aromatic rings. The van der Waals surface area contributed by atoms with Gasteiger partial charge in [-0.2, -0.15) is 0 Å². The molecule has 3 rings (SSSR count). The van der Waals surface area contributed by atoms with Crippen molar-refractivity contribution in [1.29, 1.82) is 0 Å². The van der Waals surface area contributed by atoms with Gasteiger partial charge in [0.25, 0.3) is 0 Å². The van der Waals surface area contributed by atoms with E-state index in [2.05, 4.69) is 10.2 Å². The Morgan fingerprint density at radius 3 is 2.52 bits per heavy atom. The zero-order chi connectivity index (χ0) is 20.8. The number of hydrogen-bond donors (Lipinski definition) is 1. The van der Waals surface area contributed by atoms with Gasteiger partial charge >= 0.3 is 0 Å². The first-order valence-electron chi connectivity index (χ1n) is 9.75. The fourth-order valence-electron chi connectivity index (χ4n) is 3.53. The highest BCUT2D eigenvalue weighted by molar-refractivity contribution is 6.30. The van der Waals surface area contributed by atoms with E-state index in [0.29, 0.717) is 13.1 Å². The van der Waals surface area contributed by atoms with E-state index in [1.54, 1.807) is 14.2 Å². The Hall–Kier alpha value is -2.44. The summed E-state index contributed by atoms with van der Waals surface area (Å²) in [6.07, 6.45) is 0. The monoisotopic (exact) mass is 417 g/mol. The second-order valence-corrected chi connectivity index (χ2v) is 7.49. The van der Waals surface area contributed by atoms with Gasteiger partial charge < -0.3 is 24.6 Å². The zero-order valence-electron chi connectivity index (χ0n) is 17.2. The van der Waals surface area contributed by atoms with E-state index in [0.717, 1.165) is 40.9 Å². The minimum Gasteiger partial charge on any atom is -0.497 e. The van der Waals surface area contributed by atoms with Gasteiger partial charge in [0, 0.05) is 48.5 Å². The van der Waals surface area contributed by atoms with E-state index in [1.807, 2.05) is 54.3 Å².